The third-order valence-corrected chi connectivity index (χ3v) is 3.80. The number of aryl methyl sites for hydroxylation is 2. The van der Waals surface area contributed by atoms with Gasteiger partial charge in [0.1, 0.15) is 0 Å². The van der Waals surface area contributed by atoms with Crippen LogP contribution in [0.1, 0.15) is 0 Å². The van der Waals surface area contributed by atoms with Gasteiger partial charge < -0.3 is 14.1 Å². The molecule has 0 atom stereocenters. The van der Waals surface area contributed by atoms with E-state index in [2.05, 4.69) is 24.5 Å². The Kier molecular flexibility index (Phi) is 3.37. The number of nitrogens with zero attached hydrogens (tertiary/aromatic N) is 5. The van der Waals surface area contributed by atoms with Crippen molar-refractivity contribution < 1.29 is 0 Å². The van der Waals surface area contributed by atoms with Crippen LogP contribution in [0.3, 0.4) is 0 Å². The van der Waals surface area contributed by atoms with E-state index in [9.17, 15) is 0 Å². The van der Waals surface area contributed by atoms with Gasteiger partial charge in [-0.1, -0.05) is 11.8 Å². The number of H-pyrrole nitrogens is 1. The van der Waals surface area contributed by atoms with Crippen LogP contribution < -0.4 is 0 Å². The fourth-order valence-electron chi connectivity index (χ4n) is 1.82. The molecule has 0 aliphatic heterocycles. The summed E-state index contributed by atoms with van der Waals surface area (Å²) >= 11 is 1.73. The fraction of sp³-hybridized carbons (Fsp3) is 0.250. The van der Waals surface area contributed by atoms with E-state index < -0.39 is 0 Å². The summed E-state index contributed by atoms with van der Waals surface area (Å²) in [6.07, 6.45) is 11.1. The van der Waals surface area contributed by atoms with Gasteiger partial charge in [-0.3, -0.25) is 0 Å². The number of thioether (sulfide) groups is 1. The molecule has 19 heavy (non-hydrogen) atoms. The number of hydrogen-bond donors (Lipinski definition) is 1. The Balaban J connectivity index is 1.65. The second-order valence-electron chi connectivity index (χ2n) is 4.05. The quantitative estimate of drug-likeness (QED) is 0.721. The molecule has 3 heterocycles. The van der Waals surface area contributed by atoms with E-state index in [0.29, 0.717) is 0 Å². The lowest BCUT2D eigenvalue weighted by Gasteiger charge is -2.06. The van der Waals surface area contributed by atoms with Gasteiger partial charge in [-0.05, 0) is 0 Å². The van der Waals surface area contributed by atoms with E-state index in [1.165, 1.54) is 0 Å². The number of rotatable bonds is 5. The van der Waals surface area contributed by atoms with Crippen LogP contribution in [0.15, 0.2) is 42.3 Å². The molecule has 0 bridgehead atoms. The third-order valence-electron chi connectivity index (χ3n) is 2.77. The zero-order chi connectivity index (χ0) is 13.1. The van der Waals surface area contributed by atoms with E-state index in [-0.39, 0.29) is 0 Å². The monoisotopic (exact) mass is 274 g/mol. The molecule has 3 aromatic heterocycles. The molecule has 0 saturated heterocycles. The molecule has 1 N–H and O–H groups in total. The first-order valence-corrected chi connectivity index (χ1v) is 6.94. The molecule has 0 saturated carbocycles. The summed E-state index contributed by atoms with van der Waals surface area (Å²) in [5.41, 5.74) is 0. The molecule has 98 valence electrons. The van der Waals surface area contributed by atoms with Crippen LogP contribution in [0.25, 0.3) is 11.6 Å². The minimum absolute atomic E-state index is 0.798. The van der Waals surface area contributed by atoms with Crippen LogP contribution in [0, 0.1) is 0 Å². The van der Waals surface area contributed by atoms with Crippen LogP contribution in [-0.2, 0) is 13.6 Å². The zero-order valence-corrected chi connectivity index (χ0v) is 11.3. The van der Waals surface area contributed by atoms with Gasteiger partial charge in [-0.25, -0.2) is 15.0 Å². The summed E-state index contributed by atoms with van der Waals surface area (Å²) in [7, 11) is 2.00. The van der Waals surface area contributed by atoms with Gasteiger partial charge in [0.05, 0.1) is 0 Å². The molecule has 0 unspecified atom stereocenters. The van der Waals surface area contributed by atoms with Gasteiger partial charge in [-0.15, -0.1) is 0 Å². The molecule has 0 radical (unpaired) electrons. The number of hydrogen-bond acceptors (Lipinski definition) is 4. The molecule has 0 aliphatic carbocycles. The Hall–Kier alpha value is -2.02. The van der Waals surface area contributed by atoms with Gasteiger partial charge in [0.2, 0.25) is 0 Å². The lowest BCUT2D eigenvalue weighted by Crippen LogP contribution is -2.03. The average molecular weight is 274 g/mol. The van der Waals surface area contributed by atoms with E-state index >= 15 is 0 Å². The van der Waals surface area contributed by atoms with Gasteiger partial charge in [-0.2, -0.15) is 0 Å². The highest BCUT2D eigenvalue weighted by Crippen LogP contribution is 2.17. The van der Waals surface area contributed by atoms with Crippen molar-refractivity contribution in [2.45, 2.75) is 11.7 Å². The molecular formula is C12H14N6S. The molecule has 0 fully saturated rings. The Labute approximate surface area is 114 Å². The molecule has 0 amide bonds. The number of imidazole rings is 3. The summed E-state index contributed by atoms with van der Waals surface area (Å²) in [6, 6.07) is 0. The minimum atomic E-state index is 0.798. The molecule has 0 spiro atoms. The smallest absolute Gasteiger partial charge is 0.176 e. The second-order valence-corrected chi connectivity index (χ2v) is 5.11. The highest BCUT2D eigenvalue weighted by molar-refractivity contribution is 7.99. The van der Waals surface area contributed by atoms with Crippen LogP contribution in [-0.4, -0.2) is 34.8 Å². The maximum absolute atomic E-state index is 4.33. The van der Waals surface area contributed by atoms with Crippen molar-refractivity contribution in [3.63, 3.8) is 0 Å². The largest absolute Gasteiger partial charge is 0.342 e. The van der Waals surface area contributed by atoms with E-state index in [1.807, 2.05) is 30.2 Å². The van der Waals surface area contributed by atoms with E-state index in [1.54, 1.807) is 30.4 Å². The molecule has 3 rings (SSSR count). The van der Waals surface area contributed by atoms with Gasteiger partial charge in [0, 0.05) is 56.5 Å². The van der Waals surface area contributed by atoms with Gasteiger partial charge >= 0.3 is 0 Å². The van der Waals surface area contributed by atoms with Crippen LogP contribution in [0.5, 0.6) is 0 Å². The average Bonchev–Trinajstić information content (AvgIpc) is 3.11. The zero-order valence-electron chi connectivity index (χ0n) is 10.5. The van der Waals surface area contributed by atoms with Crippen LogP contribution in [0.2, 0.25) is 0 Å². The summed E-state index contributed by atoms with van der Waals surface area (Å²) < 4.78 is 4.11. The lowest BCUT2D eigenvalue weighted by molar-refractivity contribution is 0.761. The summed E-state index contributed by atoms with van der Waals surface area (Å²) in [4.78, 5) is 15.9. The van der Waals surface area contributed by atoms with Crippen LogP contribution >= 0.6 is 11.8 Å². The SMILES string of the molecule is Cn1ccnc1SCCn1ccnc1-c1ncc[nH]1. The van der Waals surface area contributed by atoms with Gasteiger partial charge in [0.15, 0.2) is 16.8 Å². The summed E-state index contributed by atoms with van der Waals surface area (Å²) in [5, 5.41) is 1.03. The predicted molar refractivity (Wildman–Crippen MR) is 73.7 cm³/mol. The Morgan fingerprint density at radius 1 is 1.16 bits per heavy atom. The van der Waals surface area contributed by atoms with Gasteiger partial charge in [0.25, 0.3) is 0 Å². The Bertz CT molecular complexity index is 639. The molecular weight excluding hydrogens is 260 g/mol. The number of aromatic amines is 1. The van der Waals surface area contributed by atoms with Crippen molar-refractivity contribution in [3.8, 4) is 11.6 Å². The Morgan fingerprint density at radius 3 is 2.79 bits per heavy atom. The number of nitrogens with one attached hydrogen (secondary N) is 1. The van der Waals surface area contributed by atoms with Crippen molar-refractivity contribution in [2.24, 2.45) is 7.05 Å². The molecule has 3 aromatic rings. The summed E-state index contributed by atoms with van der Waals surface area (Å²) in [5.74, 6) is 2.60. The first kappa shape index (κ1) is 12.0. The predicted octanol–water partition coefficient (Wildman–Crippen LogP) is 1.80. The van der Waals surface area contributed by atoms with Crippen LogP contribution in [0.4, 0.5) is 0 Å². The van der Waals surface area contributed by atoms with Crippen molar-refractivity contribution in [2.75, 3.05) is 5.75 Å². The Morgan fingerprint density at radius 2 is 2.05 bits per heavy atom. The third kappa shape index (κ3) is 2.55. The highest BCUT2D eigenvalue weighted by Gasteiger charge is 2.08. The maximum atomic E-state index is 4.33. The van der Waals surface area contributed by atoms with Crippen molar-refractivity contribution in [1.82, 2.24) is 29.1 Å². The van der Waals surface area contributed by atoms with Crippen molar-refractivity contribution in [1.29, 1.82) is 0 Å². The molecule has 7 heteroatoms. The normalized spacial score (nSPS) is 11.0. The fourth-order valence-corrected chi connectivity index (χ4v) is 2.69. The first-order chi connectivity index (χ1) is 9.34. The lowest BCUT2D eigenvalue weighted by atomic mass is 10.5. The topological polar surface area (TPSA) is 64.3 Å². The van der Waals surface area contributed by atoms with E-state index in [0.717, 1.165) is 29.1 Å². The maximum Gasteiger partial charge on any atom is 0.176 e. The van der Waals surface area contributed by atoms with E-state index in [4.69, 9.17) is 0 Å². The highest BCUT2D eigenvalue weighted by atomic mass is 32.2. The van der Waals surface area contributed by atoms with Crippen molar-refractivity contribution >= 4 is 11.8 Å². The van der Waals surface area contributed by atoms with Crippen molar-refractivity contribution in [3.05, 3.63) is 37.2 Å². The molecule has 0 aromatic carbocycles. The standard InChI is InChI=1S/C12H14N6S/c1-17-6-4-16-12(17)19-9-8-18-7-5-15-11(18)10-13-2-3-14-10/h2-7H,8-9H2,1H3,(H,13,14). The second kappa shape index (κ2) is 5.31. The first-order valence-electron chi connectivity index (χ1n) is 5.95. The summed E-state index contributed by atoms with van der Waals surface area (Å²) in [6.45, 7) is 0.869. The number of aromatic nitrogens is 6. The minimum Gasteiger partial charge on any atom is -0.342 e. The molecule has 0 aliphatic rings. The molecule has 6 nitrogen and oxygen atoms in total.